The highest BCUT2D eigenvalue weighted by Gasteiger charge is 2.46. The smallest absolute Gasteiger partial charge is 0.228 e. The van der Waals surface area contributed by atoms with E-state index in [1.54, 1.807) is 0 Å². The summed E-state index contributed by atoms with van der Waals surface area (Å²) in [4.78, 5) is 14.5. The molecule has 0 bridgehead atoms. The van der Waals surface area contributed by atoms with Crippen LogP contribution in [0.1, 0.15) is 52.9 Å². The van der Waals surface area contributed by atoms with Gasteiger partial charge < -0.3 is 10.0 Å². The van der Waals surface area contributed by atoms with Crippen LogP contribution in [0, 0.1) is 11.3 Å². The molecular weight excluding hydrogens is 214 g/mol. The summed E-state index contributed by atoms with van der Waals surface area (Å²) in [5.74, 6) is 0.846. The number of likely N-dealkylation sites (tertiary alicyclic amines) is 1. The van der Waals surface area contributed by atoms with Gasteiger partial charge in [-0.05, 0) is 25.2 Å². The second-order valence-electron chi connectivity index (χ2n) is 6.65. The molecule has 1 aliphatic carbocycles. The predicted octanol–water partition coefficient (Wildman–Crippen LogP) is 2.18. The first-order valence-corrected chi connectivity index (χ1v) is 6.88. The van der Waals surface area contributed by atoms with Crippen molar-refractivity contribution in [3.8, 4) is 0 Å². The van der Waals surface area contributed by atoms with Crippen molar-refractivity contribution in [3.63, 3.8) is 0 Å². The molecule has 2 rings (SSSR count). The zero-order valence-corrected chi connectivity index (χ0v) is 11.3. The number of nitrogens with zero attached hydrogens (tertiary/aromatic N) is 1. The second kappa shape index (κ2) is 4.60. The summed E-state index contributed by atoms with van der Waals surface area (Å²) < 4.78 is 0. The first-order valence-electron chi connectivity index (χ1n) is 6.88. The van der Waals surface area contributed by atoms with E-state index >= 15 is 0 Å². The summed E-state index contributed by atoms with van der Waals surface area (Å²) in [6, 6.07) is 0.461. The van der Waals surface area contributed by atoms with Crippen LogP contribution in [0.15, 0.2) is 0 Å². The number of aliphatic hydroxyl groups is 1. The second-order valence-corrected chi connectivity index (χ2v) is 6.65. The Morgan fingerprint density at radius 1 is 1.29 bits per heavy atom. The van der Waals surface area contributed by atoms with E-state index < -0.39 is 0 Å². The number of amides is 1. The van der Waals surface area contributed by atoms with Crippen LogP contribution in [0.25, 0.3) is 0 Å². The Hall–Kier alpha value is -0.570. The molecule has 0 aromatic heterocycles. The summed E-state index contributed by atoms with van der Waals surface area (Å²) in [5, 5.41) is 9.50. The van der Waals surface area contributed by atoms with Crippen molar-refractivity contribution in [1.29, 1.82) is 0 Å². The molecule has 98 valence electrons. The van der Waals surface area contributed by atoms with E-state index in [9.17, 15) is 9.90 Å². The highest BCUT2D eigenvalue weighted by Crippen LogP contribution is 2.41. The molecule has 1 saturated carbocycles. The molecule has 3 unspecified atom stereocenters. The van der Waals surface area contributed by atoms with Crippen LogP contribution in [-0.4, -0.2) is 34.6 Å². The van der Waals surface area contributed by atoms with Crippen molar-refractivity contribution in [2.24, 2.45) is 11.3 Å². The Labute approximate surface area is 104 Å². The van der Waals surface area contributed by atoms with Crippen molar-refractivity contribution >= 4 is 5.91 Å². The lowest BCUT2D eigenvalue weighted by atomic mass is 9.84. The van der Waals surface area contributed by atoms with Gasteiger partial charge in [0.15, 0.2) is 0 Å². The van der Waals surface area contributed by atoms with E-state index in [2.05, 4.69) is 0 Å². The minimum Gasteiger partial charge on any atom is -0.394 e. The Bertz CT molecular complexity index is 295. The fourth-order valence-corrected chi connectivity index (χ4v) is 3.43. The van der Waals surface area contributed by atoms with Crippen LogP contribution in [-0.2, 0) is 4.79 Å². The maximum atomic E-state index is 12.5. The Kier molecular flexibility index (Phi) is 3.48. The van der Waals surface area contributed by atoms with Crippen LogP contribution in [0.2, 0.25) is 0 Å². The highest BCUT2D eigenvalue weighted by molar-refractivity contribution is 5.82. The fourth-order valence-electron chi connectivity index (χ4n) is 3.43. The van der Waals surface area contributed by atoms with Gasteiger partial charge in [0.2, 0.25) is 5.91 Å². The SMILES string of the molecule is CC(C)(C)C(=O)N1C(CO)CC2CCCCC21. The van der Waals surface area contributed by atoms with E-state index in [-0.39, 0.29) is 24.0 Å². The third-order valence-electron chi connectivity index (χ3n) is 4.28. The highest BCUT2D eigenvalue weighted by atomic mass is 16.3. The van der Waals surface area contributed by atoms with Gasteiger partial charge in [0, 0.05) is 11.5 Å². The number of hydrogen-bond donors (Lipinski definition) is 1. The number of hydrogen-bond acceptors (Lipinski definition) is 2. The Balaban J connectivity index is 2.20. The molecule has 2 fully saturated rings. The number of rotatable bonds is 1. The van der Waals surface area contributed by atoms with Gasteiger partial charge in [-0.1, -0.05) is 33.6 Å². The summed E-state index contributed by atoms with van der Waals surface area (Å²) in [5.41, 5.74) is -0.334. The molecule has 0 aromatic carbocycles. The summed E-state index contributed by atoms with van der Waals surface area (Å²) in [6.45, 7) is 6.04. The van der Waals surface area contributed by atoms with Crippen LogP contribution in [0.3, 0.4) is 0 Å². The largest absolute Gasteiger partial charge is 0.394 e. The lowest BCUT2D eigenvalue weighted by molar-refractivity contribution is -0.144. The third-order valence-corrected chi connectivity index (χ3v) is 4.28. The number of aliphatic hydroxyl groups excluding tert-OH is 1. The van der Waals surface area contributed by atoms with Gasteiger partial charge in [-0.3, -0.25) is 4.79 Å². The first kappa shape index (κ1) is 12.9. The first-order chi connectivity index (χ1) is 7.95. The Morgan fingerprint density at radius 2 is 1.94 bits per heavy atom. The molecule has 1 N–H and O–H groups in total. The minimum atomic E-state index is -0.334. The van der Waals surface area contributed by atoms with Gasteiger partial charge in [-0.2, -0.15) is 0 Å². The van der Waals surface area contributed by atoms with Crippen LogP contribution < -0.4 is 0 Å². The van der Waals surface area contributed by atoms with Gasteiger partial charge in [0.1, 0.15) is 0 Å². The molecule has 0 aromatic rings. The van der Waals surface area contributed by atoms with Gasteiger partial charge in [0.25, 0.3) is 0 Å². The average Bonchev–Trinajstić information content (AvgIpc) is 2.64. The van der Waals surface area contributed by atoms with Gasteiger partial charge in [-0.25, -0.2) is 0 Å². The Morgan fingerprint density at radius 3 is 2.53 bits per heavy atom. The van der Waals surface area contributed by atoms with E-state index in [1.165, 1.54) is 19.3 Å². The lowest BCUT2D eigenvalue weighted by Crippen LogP contribution is -2.49. The van der Waals surface area contributed by atoms with Crippen molar-refractivity contribution in [2.75, 3.05) is 6.61 Å². The van der Waals surface area contributed by atoms with Crippen molar-refractivity contribution in [3.05, 3.63) is 0 Å². The maximum Gasteiger partial charge on any atom is 0.228 e. The fraction of sp³-hybridized carbons (Fsp3) is 0.929. The molecule has 1 amide bonds. The summed E-state index contributed by atoms with van der Waals surface area (Å²) in [6.07, 6.45) is 5.88. The van der Waals surface area contributed by atoms with Gasteiger partial charge in [0.05, 0.1) is 12.6 Å². The normalized spacial score (nSPS) is 33.6. The van der Waals surface area contributed by atoms with E-state index in [0.717, 1.165) is 12.8 Å². The molecular formula is C14H25NO2. The van der Waals surface area contributed by atoms with E-state index in [0.29, 0.717) is 12.0 Å². The van der Waals surface area contributed by atoms with E-state index in [1.807, 2.05) is 25.7 Å². The molecule has 17 heavy (non-hydrogen) atoms. The standard InChI is InChI=1S/C14H25NO2/c1-14(2,3)13(17)15-11(9-16)8-10-6-4-5-7-12(10)15/h10-12,16H,4-9H2,1-3H3. The molecule has 0 radical (unpaired) electrons. The predicted molar refractivity (Wildman–Crippen MR) is 67.5 cm³/mol. The summed E-state index contributed by atoms with van der Waals surface area (Å²) >= 11 is 0. The van der Waals surface area contributed by atoms with Crippen molar-refractivity contribution in [1.82, 2.24) is 4.90 Å². The zero-order valence-electron chi connectivity index (χ0n) is 11.3. The molecule has 2 aliphatic rings. The number of fused-ring (bicyclic) bond motifs is 1. The van der Waals surface area contributed by atoms with Gasteiger partial charge >= 0.3 is 0 Å². The van der Waals surface area contributed by atoms with Crippen LogP contribution in [0.4, 0.5) is 0 Å². The summed E-state index contributed by atoms with van der Waals surface area (Å²) in [7, 11) is 0. The molecule has 1 aliphatic heterocycles. The molecule has 0 spiro atoms. The molecule has 1 heterocycles. The van der Waals surface area contributed by atoms with E-state index in [4.69, 9.17) is 0 Å². The monoisotopic (exact) mass is 239 g/mol. The molecule has 3 heteroatoms. The van der Waals surface area contributed by atoms with Crippen LogP contribution >= 0.6 is 0 Å². The molecule has 1 saturated heterocycles. The average molecular weight is 239 g/mol. The van der Waals surface area contributed by atoms with Gasteiger partial charge in [-0.15, -0.1) is 0 Å². The van der Waals surface area contributed by atoms with Crippen molar-refractivity contribution < 1.29 is 9.90 Å². The van der Waals surface area contributed by atoms with Crippen LogP contribution in [0.5, 0.6) is 0 Å². The number of carbonyl (C=O) groups excluding carboxylic acids is 1. The van der Waals surface area contributed by atoms with Crippen molar-refractivity contribution in [2.45, 2.75) is 65.0 Å². The topological polar surface area (TPSA) is 40.5 Å². The zero-order chi connectivity index (χ0) is 12.6. The molecule has 3 nitrogen and oxygen atoms in total. The lowest BCUT2D eigenvalue weighted by Gasteiger charge is -2.37. The third kappa shape index (κ3) is 2.35. The minimum absolute atomic E-state index is 0.0647. The molecule has 3 atom stereocenters. The quantitative estimate of drug-likeness (QED) is 0.762. The maximum absolute atomic E-state index is 12.5. The number of carbonyl (C=O) groups is 1.